The Kier molecular flexibility index (Phi) is 2.26. The molecule has 0 saturated heterocycles. The van der Waals surface area contributed by atoms with Gasteiger partial charge in [-0.25, -0.2) is 0 Å². The van der Waals surface area contributed by atoms with E-state index in [1.165, 1.54) is 5.56 Å². The highest BCUT2D eigenvalue weighted by Crippen LogP contribution is 2.43. The molecular formula is C13H18O. The number of benzene rings is 1. The molecule has 0 unspecified atom stereocenters. The molecule has 1 atom stereocenters. The van der Waals surface area contributed by atoms with Crippen LogP contribution in [0.5, 0.6) is 5.75 Å². The van der Waals surface area contributed by atoms with Crippen LogP contribution < -0.4 is 4.74 Å². The van der Waals surface area contributed by atoms with Crippen LogP contribution in [0.2, 0.25) is 0 Å². The first kappa shape index (κ1) is 9.57. The lowest BCUT2D eigenvalue weighted by atomic mass is 9.74. The molecule has 0 spiro atoms. The van der Waals surface area contributed by atoms with Gasteiger partial charge in [0.2, 0.25) is 0 Å². The second-order valence-electron chi connectivity index (χ2n) is 5.09. The molecule has 76 valence electrons. The molecule has 0 aliphatic carbocycles. The zero-order valence-corrected chi connectivity index (χ0v) is 9.21. The Morgan fingerprint density at radius 3 is 2.64 bits per heavy atom. The van der Waals surface area contributed by atoms with Gasteiger partial charge in [-0.2, -0.15) is 0 Å². The molecule has 0 bridgehead atoms. The molecular weight excluding hydrogens is 172 g/mol. The zero-order chi connectivity index (χ0) is 10.2. The SMILES string of the molecule is CC(C)(C)[C@H]1CCOc2ccccc21. The van der Waals surface area contributed by atoms with Gasteiger partial charge in [0.05, 0.1) is 6.61 Å². The number of hydrogen-bond donors (Lipinski definition) is 0. The first-order valence-electron chi connectivity index (χ1n) is 5.31. The molecule has 1 nitrogen and oxygen atoms in total. The highest BCUT2D eigenvalue weighted by atomic mass is 16.5. The second kappa shape index (κ2) is 3.30. The molecule has 1 aliphatic heterocycles. The molecule has 2 rings (SSSR count). The summed E-state index contributed by atoms with van der Waals surface area (Å²) in [5, 5.41) is 0. The van der Waals surface area contributed by atoms with Crippen LogP contribution in [0.25, 0.3) is 0 Å². The van der Waals surface area contributed by atoms with Crippen LogP contribution in [-0.2, 0) is 0 Å². The summed E-state index contributed by atoms with van der Waals surface area (Å²) in [6.07, 6.45) is 1.14. The second-order valence-corrected chi connectivity index (χ2v) is 5.09. The van der Waals surface area contributed by atoms with Crippen molar-refractivity contribution >= 4 is 0 Å². The van der Waals surface area contributed by atoms with E-state index in [-0.39, 0.29) is 0 Å². The summed E-state index contributed by atoms with van der Waals surface area (Å²) in [5.74, 6) is 1.71. The van der Waals surface area contributed by atoms with Crippen LogP contribution >= 0.6 is 0 Å². The highest BCUT2D eigenvalue weighted by Gasteiger charge is 2.30. The quantitative estimate of drug-likeness (QED) is 0.607. The lowest BCUT2D eigenvalue weighted by molar-refractivity contribution is 0.204. The molecule has 1 aromatic carbocycles. The maximum absolute atomic E-state index is 5.65. The first-order chi connectivity index (χ1) is 6.59. The van der Waals surface area contributed by atoms with Crippen molar-refractivity contribution in [1.82, 2.24) is 0 Å². The van der Waals surface area contributed by atoms with E-state index < -0.39 is 0 Å². The average molecular weight is 190 g/mol. The number of rotatable bonds is 0. The first-order valence-corrected chi connectivity index (χ1v) is 5.31. The van der Waals surface area contributed by atoms with E-state index in [1.54, 1.807) is 0 Å². The van der Waals surface area contributed by atoms with Crippen LogP contribution in [0.4, 0.5) is 0 Å². The van der Waals surface area contributed by atoms with Crippen LogP contribution in [0.3, 0.4) is 0 Å². The molecule has 1 aliphatic rings. The minimum atomic E-state index is 0.333. The maximum Gasteiger partial charge on any atom is 0.122 e. The van der Waals surface area contributed by atoms with Crippen molar-refractivity contribution in [3.05, 3.63) is 29.8 Å². The van der Waals surface area contributed by atoms with Crippen molar-refractivity contribution in [2.24, 2.45) is 5.41 Å². The predicted octanol–water partition coefficient (Wildman–Crippen LogP) is 3.60. The smallest absolute Gasteiger partial charge is 0.122 e. The van der Waals surface area contributed by atoms with Crippen molar-refractivity contribution in [3.8, 4) is 5.75 Å². The van der Waals surface area contributed by atoms with E-state index in [0.717, 1.165) is 18.8 Å². The largest absolute Gasteiger partial charge is 0.493 e. The van der Waals surface area contributed by atoms with Gasteiger partial charge in [0.1, 0.15) is 5.75 Å². The third-order valence-corrected chi connectivity index (χ3v) is 3.00. The van der Waals surface area contributed by atoms with Crippen LogP contribution in [0.15, 0.2) is 24.3 Å². The van der Waals surface area contributed by atoms with Gasteiger partial charge >= 0.3 is 0 Å². The molecule has 0 fully saturated rings. The maximum atomic E-state index is 5.65. The van der Waals surface area contributed by atoms with Gasteiger partial charge in [-0.1, -0.05) is 39.0 Å². The average Bonchev–Trinajstić information content (AvgIpc) is 2.15. The number of hydrogen-bond acceptors (Lipinski definition) is 1. The van der Waals surface area contributed by atoms with Gasteiger partial charge < -0.3 is 4.74 Å². The lowest BCUT2D eigenvalue weighted by Gasteiger charge is -2.35. The van der Waals surface area contributed by atoms with E-state index in [1.807, 2.05) is 6.07 Å². The topological polar surface area (TPSA) is 9.23 Å². The Morgan fingerprint density at radius 2 is 1.93 bits per heavy atom. The van der Waals surface area contributed by atoms with Crippen molar-refractivity contribution < 1.29 is 4.74 Å². The molecule has 14 heavy (non-hydrogen) atoms. The minimum Gasteiger partial charge on any atom is -0.493 e. The van der Waals surface area contributed by atoms with E-state index in [2.05, 4.69) is 39.0 Å². The fourth-order valence-electron chi connectivity index (χ4n) is 2.24. The summed E-state index contributed by atoms with van der Waals surface area (Å²) in [6.45, 7) is 7.78. The third kappa shape index (κ3) is 1.63. The van der Waals surface area contributed by atoms with Gasteiger partial charge in [-0.3, -0.25) is 0 Å². The lowest BCUT2D eigenvalue weighted by Crippen LogP contribution is -2.24. The summed E-state index contributed by atoms with van der Waals surface area (Å²) in [7, 11) is 0. The molecule has 1 heterocycles. The number of para-hydroxylation sites is 1. The molecule has 0 amide bonds. The summed E-state index contributed by atoms with van der Waals surface area (Å²) >= 11 is 0. The standard InChI is InChI=1S/C13H18O/c1-13(2,3)11-8-9-14-12-7-5-4-6-10(11)12/h4-7,11H,8-9H2,1-3H3/t11-/m0/s1. The van der Waals surface area contributed by atoms with E-state index in [9.17, 15) is 0 Å². The number of ether oxygens (including phenoxy) is 1. The Bertz CT molecular complexity index is 322. The normalized spacial score (nSPS) is 21.2. The molecule has 0 radical (unpaired) electrons. The summed E-state index contributed by atoms with van der Waals surface area (Å²) in [4.78, 5) is 0. The molecule has 0 saturated carbocycles. The van der Waals surface area contributed by atoms with Crippen molar-refractivity contribution in [2.45, 2.75) is 33.1 Å². The zero-order valence-electron chi connectivity index (χ0n) is 9.21. The monoisotopic (exact) mass is 190 g/mol. The van der Waals surface area contributed by atoms with Gasteiger partial charge in [0.15, 0.2) is 0 Å². The van der Waals surface area contributed by atoms with E-state index in [4.69, 9.17) is 4.74 Å². The fourth-order valence-corrected chi connectivity index (χ4v) is 2.24. The predicted molar refractivity (Wildman–Crippen MR) is 58.8 cm³/mol. The number of fused-ring (bicyclic) bond motifs is 1. The Labute approximate surface area is 86.1 Å². The van der Waals surface area contributed by atoms with Gasteiger partial charge in [0, 0.05) is 0 Å². The third-order valence-electron chi connectivity index (χ3n) is 3.00. The molecule has 1 aromatic rings. The molecule has 1 heteroatoms. The minimum absolute atomic E-state index is 0.333. The Morgan fingerprint density at radius 1 is 1.21 bits per heavy atom. The molecule has 0 N–H and O–H groups in total. The summed E-state index contributed by atoms with van der Waals surface area (Å²) in [5.41, 5.74) is 1.71. The summed E-state index contributed by atoms with van der Waals surface area (Å²) in [6, 6.07) is 8.42. The summed E-state index contributed by atoms with van der Waals surface area (Å²) < 4.78 is 5.65. The van der Waals surface area contributed by atoms with Crippen molar-refractivity contribution in [2.75, 3.05) is 6.61 Å². The van der Waals surface area contributed by atoms with Crippen LogP contribution in [0, 0.1) is 5.41 Å². The van der Waals surface area contributed by atoms with Gasteiger partial charge in [-0.15, -0.1) is 0 Å². The molecule has 0 aromatic heterocycles. The van der Waals surface area contributed by atoms with E-state index in [0.29, 0.717) is 11.3 Å². The van der Waals surface area contributed by atoms with Crippen molar-refractivity contribution in [1.29, 1.82) is 0 Å². The highest BCUT2D eigenvalue weighted by molar-refractivity contribution is 5.38. The van der Waals surface area contributed by atoms with E-state index >= 15 is 0 Å². The van der Waals surface area contributed by atoms with Crippen LogP contribution in [0.1, 0.15) is 38.7 Å². The Hall–Kier alpha value is -0.980. The fraction of sp³-hybridized carbons (Fsp3) is 0.538. The van der Waals surface area contributed by atoms with Crippen molar-refractivity contribution in [3.63, 3.8) is 0 Å². The van der Waals surface area contributed by atoms with Gasteiger partial charge in [-0.05, 0) is 29.4 Å². The Balaban J connectivity index is 2.41. The van der Waals surface area contributed by atoms with Gasteiger partial charge in [0.25, 0.3) is 0 Å². The van der Waals surface area contributed by atoms with Crippen LogP contribution in [-0.4, -0.2) is 6.61 Å².